The fourth-order valence-electron chi connectivity index (χ4n) is 3.40. The summed E-state index contributed by atoms with van der Waals surface area (Å²) < 4.78 is 25.0. The molecule has 2 aromatic rings. The Morgan fingerprint density at radius 3 is 2.67 bits per heavy atom. The SMILES string of the molecule is COc1cc(NC(=O)CN2CCCc3cc(C)cc(F)c32)c(OC)cc1Cl. The number of amides is 1. The largest absolute Gasteiger partial charge is 0.495 e. The zero-order chi connectivity index (χ0) is 19.6. The van der Waals surface area contributed by atoms with E-state index in [-0.39, 0.29) is 18.3 Å². The Hall–Kier alpha value is -2.47. The van der Waals surface area contributed by atoms with Crippen molar-refractivity contribution < 1.29 is 18.7 Å². The molecule has 1 N–H and O–H groups in total. The molecule has 3 rings (SSSR count). The van der Waals surface area contributed by atoms with Gasteiger partial charge in [-0.1, -0.05) is 17.7 Å². The molecule has 1 aliphatic heterocycles. The summed E-state index contributed by atoms with van der Waals surface area (Å²) in [5.41, 5.74) is 2.79. The van der Waals surface area contributed by atoms with E-state index in [4.69, 9.17) is 21.1 Å². The predicted molar refractivity (Wildman–Crippen MR) is 105 cm³/mol. The second-order valence-corrected chi connectivity index (χ2v) is 6.92. The third-order valence-corrected chi connectivity index (χ3v) is 4.85. The first-order valence-electron chi connectivity index (χ1n) is 8.68. The zero-order valence-electron chi connectivity index (χ0n) is 15.6. The van der Waals surface area contributed by atoms with Crippen molar-refractivity contribution in [2.24, 2.45) is 0 Å². The fourth-order valence-corrected chi connectivity index (χ4v) is 3.63. The quantitative estimate of drug-likeness (QED) is 0.828. The molecule has 0 unspecified atom stereocenters. The van der Waals surface area contributed by atoms with E-state index in [9.17, 15) is 9.18 Å². The molecule has 0 fully saturated rings. The van der Waals surface area contributed by atoms with Gasteiger partial charge in [-0.3, -0.25) is 4.79 Å². The number of carbonyl (C=O) groups is 1. The first-order valence-corrected chi connectivity index (χ1v) is 9.06. The topological polar surface area (TPSA) is 50.8 Å². The highest BCUT2D eigenvalue weighted by Crippen LogP contribution is 2.36. The summed E-state index contributed by atoms with van der Waals surface area (Å²) >= 11 is 6.09. The fraction of sp³-hybridized carbons (Fsp3) is 0.350. The second kappa shape index (κ2) is 8.05. The zero-order valence-corrected chi connectivity index (χ0v) is 16.3. The van der Waals surface area contributed by atoms with Gasteiger partial charge in [0.15, 0.2) is 0 Å². The van der Waals surface area contributed by atoms with Crippen LogP contribution in [0.25, 0.3) is 0 Å². The number of hydrogen-bond acceptors (Lipinski definition) is 4. The highest BCUT2D eigenvalue weighted by Gasteiger charge is 2.23. The van der Waals surface area contributed by atoms with Gasteiger partial charge in [0.25, 0.3) is 0 Å². The van der Waals surface area contributed by atoms with Gasteiger partial charge in [0.1, 0.15) is 17.3 Å². The lowest BCUT2D eigenvalue weighted by Crippen LogP contribution is -2.37. The normalized spacial score (nSPS) is 13.1. The number of rotatable bonds is 5. The number of hydrogen-bond donors (Lipinski definition) is 1. The number of carbonyl (C=O) groups excluding carboxylic acids is 1. The maximum absolute atomic E-state index is 14.5. The molecule has 27 heavy (non-hydrogen) atoms. The molecule has 1 amide bonds. The third kappa shape index (κ3) is 4.11. The van der Waals surface area contributed by atoms with Gasteiger partial charge in [-0.25, -0.2) is 4.39 Å². The van der Waals surface area contributed by atoms with Crippen LogP contribution in [-0.2, 0) is 11.2 Å². The van der Waals surface area contributed by atoms with Crippen LogP contribution in [0.4, 0.5) is 15.8 Å². The Kier molecular flexibility index (Phi) is 5.75. The number of benzene rings is 2. The molecule has 0 aromatic heterocycles. The molecule has 144 valence electrons. The van der Waals surface area contributed by atoms with Gasteiger partial charge in [0.05, 0.1) is 37.2 Å². The van der Waals surface area contributed by atoms with Crippen molar-refractivity contribution in [1.82, 2.24) is 0 Å². The molecular formula is C20H22ClFN2O3. The predicted octanol–water partition coefficient (Wildman–Crippen LogP) is 4.20. The molecule has 0 saturated heterocycles. The van der Waals surface area contributed by atoms with Crippen molar-refractivity contribution in [3.8, 4) is 11.5 Å². The summed E-state index contributed by atoms with van der Waals surface area (Å²) in [6.07, 6.45) is 1.69. The lowest BCUT2D eigenvalue weighted by molar-refractivity contribution is -0.115. The van der Waals surface area contributed by atoms with E-state index in [0.717, 1.165) is 24.0 Å². The number of ether oxygens (including phenoxy) is 2. The van der Waals surface area contributed by atoms with E-state index in [1.807, 2.05) is 13.0 Å². The molecule has 1 heterocycles. The monoisotopic (exact) mass is 392 g/mol. The smallest absolute Gasteiger partial charge is 0.243 e. The van der Waals surface area contributed by atoms with Gasteiger partial charge in [-0.05, 0) is 37.0 Å². The molecule has 2 aromatic carbocycles. The summed E-state index contributed by atoms with van der Waals surface area (Å²) in [6.45, 7) is 2.54. The van der Waals surface area contributed by atoms with Crippen LogP contribution in [0.2, 0.25) is 5.02 Å². The van der Waals surface area contributed by atoms with Crippen LogP contribution in [0, 0.1) is 12.7 Å². The Morgan fingerprint density at radius 1 is 1.22 bits per heavy atom. The molecular weight excluding hydrogens is 371 g/mol. The first-order chi connectivity index (χ1) is 12.9. The van der Waals surface area contributed by atoms with E-state index in [0.29, 0.717) is 34.4 Å². The molecule has 5 nitrogen and oxygen atoms in total. The van der Waals surface area contributed by atoms with E-state index >= 15 is 0 Å². The van der Waals surface area contributed by atoms with Crippen LogP contribution in [0.3, 0.4) is 0 Å². The van der Waals surface area contributed by atoms with Crippen LogP contribution in [0.5, 0.6) is 11.5 Å². The lowest BCUT2D eigenvalue weighted by atomic mass is 9.99. The van der Waals surface area contributed by atoms with Gasteiger partial charge < -0.3 is 19.7 Å². The number of nitrogens with zero attached hydrogens (tertiary/aromatic N) is 1. The standard InChI is InChI=1S/C20H22ClFN2O3/c1-12-7-13-5-4-6-24(20(13)15(22)8-12)11-19(25)23-16-10-17(26-2)14(21)9-18(16)27-3/h7-10H,4-6,11H2,1-3H3,(H,23,25). The summed E-state index contributed by atoms with van der Waals surface area (Å²) in [6, 6.07) is 6.67. The average Bonchev–Trinajstić information content (AvgIpc) is 2.62. The van der Waals surface area contributed by atoms with Crippen molar-refractivity contribution in [2.45, 2.75) is 19.8 Å². The van der Waals surface area contributed by atoms with Gasteiger partial charge in [0.2, 0.25) is 5.91 Å². The average molecular weight is 393 g/mol. The molecule has 0 aliphatic carbocycles. The van der Waals surface area contributed by atoms with Crippen LogP contribution < -0.4 is 19.7 Å². The lowest BCUT2D eigenvalue weighted by Gasteiger charge is -2.31. The first kappa shape index (κ1) is 19.3. The Labute approximate surface area is 163 Å². The van der Waals surface area contributed by atoms with E-state index in [1.165, 1.54) is 20.3 Å². The molecule has 7 heteroatoms. The Bertz CT molecular complexity index is 873. The third-order valence-electron chi connectivity index (χ3n) is 4.56. The van der Waals surface area contributed by atoms with Gasteiger partial charge >= 0.3 is 0 Å². The number of aryl methyl sites for hydroxylation is 2. The van der Waals surface area contributed by atoms with Crippen LogP contribution in [0.15, 0.2) is 24.3 Å². The highest BCUT2D eigenvalue weighted by atomic mass is 35.5. The summed E-state index contributed by atoms with van der Waals surface area (Å²) in [5.74, 6) is 0.293. The highest BCUT2D eigenvalue weighted by molar-refractivity contribution is 6.32. The van der Waals surface area contributed by atoms with Gasteiger partial charge in [-0.15, -0.1) is 0 Å². The molecule has 0 bridgehead atoms. The summed E-state index contributed by atoms with van der Waals surface area (Å²) in [7, 11) is 2.99. The number of methoxy groups -OCH3 is 2. The van der Waals surface area contributed by atoms with Crippen LogP contribution in [-0.4, -0.2) is 33.2 Å². The molecule has 1 aliphatic rings. The number of nitrogens with one attached hydrogen (secondary N) is 1. The van der Waals surface area contributed by atoms with Crippen molar-refractivity contribution in [3.05, 3.63) is 46.2 Å². The van der Waals surface area contributed by atoms with Crippen LogP contribution in [0.1, 0.15) is 17.5 Å². The van der Waals surface area contributed by atoms with Crippen molar-refractivity contribution in [3.63, 3.8) is 0 Å². The summed E-state index contributed by atoms with van der Waals surface area (Å²) in [5, 5.41) is 3.19. The summed E-state index contributed by atoms with van der Waals surface area (Å²) in [4.78, 5) is 14.4. The Morgan fingerprint density at radius 2 is 1.96 bits per heavy atom. The molecule has 0 saturated carbocycles. The van der Waals surface area contributed by atoms with Crippen molar-refractivity contribution >= 4 is 28.9 Å². The van der Waals surface area contributed by atoms with E-state index < -0.39 is 0 Å². The molecule has 0 spiro atoms. The Balaban J connectivity index is 1.80. The molecule has 0 atom stereocenters. The number of fused-ring (bicyclic) bond motifs is 1. The van der Waals surface area contributed by atoms with E-state index in [2.05, 4.69) is 5.32 Å². The number of anilines is 2. The number of halogens is 2. The van der Waals surface area contributed by atoms with Crippen LogP contribution >= 0.6 is 11.6 Å². The molecule has 0 radical (unpaired) electrons. The van der Waals surface area contributed by atoms with E-state index in [1.54, 1.807) is 17.0 Å². The maximum atomic E-state index is 14.5. The maximum Gasteiger partial charge on any atom is 0.243 e. The minimum absolute atomic E-state index is 0.0427. The van der Waals surface area contributed by atoms with Gasteiger partial charge in [-0.2, -0.15) is 0 Å². The van der Waals surface area contributed by atoms with Gasteiger partial charge in [0, 0.05) is 18.7 Å². The van der Waals surface area contributed by atoms with Crippen molar-refractivity contribution in [2.75, 3.05) is 37.5 Å². The second-order valence-electron chi connectivity index (χ2n) is 6.51. The minimum atomic E-state index is -0.289. The van der Waals surface area contributed by atoms with Crippen molar-refractivity contribution in [1.29, 1.82) is 0 Å². The minimum Gasteiger partial charge on any atom is -0.495 e.